The fourth-order valence-electron chi connectivity index (χ4n) is 1.01. The van der Waals surface area contributed by atoms with E-state index in [0.717, 1.165) is 0 Å². The summed E-state index contributed by atoms with van der Waals surface area (Å²) in [6.07, 6.45) is 0. The van der Waals surface area contributed by atoms with E-state index in [9.17, 15) is 4.79 Å². The molecule has 0 unspecified atom stereocenters. The average molecular weight is 269 g/mol. The van der Waals surface area contributed by atoms with Gasteiger partial charge in [0.1, 0.15) is 11.0 Å². The molecule has 1 aromatic rings. The smallest absolute Gasteiger partial charge is 0.236 e. The first kappa shape index (κ1) is 12.4. The molecule has 0 saturated carbocycles. The van der Waals surface area contributed by atoms with Gasteiger partial charge in [-0.25, -0.2) is 4.98 Å². The molecule has 0 aliphatic heterocycles. The Balaban J connectivity index is 3.03. The van der Waals surface area contributed by atoms with Crippen LogP contribution in [0.1, 0.15) is 0 Å². The first-order valence-corrected chi connectivity index (χ1v) is 5.06. The molecule has 7 heteroatoms. The number of nitrogens with zero attached hydrogens (tertiary/aromatic N) is 2. The summed E-state index contributed by atoms with van der Waals surface area (Å²) in [5, 5.41) is 0.707. The number of hydrogen-bond acceptors (Lipinski definition) is 3. The summed E-state index contributed by atoms with van der Waals surface area (Å²) >= 11 is 17.3. The largest absolute Gasteiger partial charge is 0.368 e. The zero-order valence-corrected chi connectivity index (χ0v) is 10.1. The van der Waals surface area contributed by atoms with E-state index in [2.05, 4.69) is 4.98 Å². The molecule has 0 radical (unpaired) electrons. The SMILES string of the molecule is CN(CC(N)=O)c1nc(Cl)c(Cl)cc1Cl. The minimum absolute atomic E-state index is 0.00464. The summed E-state index contributed by atoms with van der Waals surface area (Å²) in [7, 11) is 1.63. The third-order valence-corrected chi connectivity index (χ3v) is 2.57. The lowest BCUT2D eigenvalue weighted by atomic mass is 10.4. The molecule has 1 heterocycles. The molecule has 0 bridgehead atoms. The maximum atomic E-state index is 10.7. The minimum Gasteiger partial charge on any atom is -0.368 e. The van der Waals surface area contributed by atoms with Crippen LogP contribution in [-0.4, -0.2) is 24.5 Å². The van der Waals surface area contributed by atoms with Gasteiger partial charge in [-0.05, 0) is 6.07 Å². The van der Waals surface area contributed by atoms with E-state index in [0.29, 0.717) is 10.8 Å². The molecular formula is C8H8Cl3N3O. The third-order valence-electron chi connectivity index (χ3n) is 1.62. The number of primary amides is 1. The number of rotatable bonds is 3. The van der Waals surface area contributed by atoms with E-state index in [4.69, 9.17) is 40.5 Å². The van der Waals surface area contributed by atoms with Gasteiger partial charge in [0, 0.05) is 7.05 Å². The van der Waals surface area contributed by atoms with Crippen molar-refractivity contribution >= 4 is 46.5 Å². The summed E-state index contributed by atoms with van der Waals surface area (Å²) in [5.41, 5.74) is 5.04. The van der Waals surface area contributed by atoms with E-state index in [1.807, 2.05) is 0 Å². The average Bonchev–Trinajstić information content (AvgIpc) is 2.09. The number of carbonyl (C=O) groups excluding carboxylic acids is 1. The van der Waals surface area contributed by atoms with Gasteiger partial charge in [0.15, 0.2) is 0 Å². The van der Waals surface area contributed by atoms with Crippen LogP contribution in [0.5, 0.6) is 0 Å². The van der Waals surface area contributed by atoms with Gasteiger partial charge in [-0.2, -0.15) is 0 Å². The molecule has 0 saturated heterocycles. The lowest BCUT2D eigenvalue weighted by molar-refractivity contribution is -0.116. The minimum atomic E-state index is -0.485. The second kappa shape index (κ2) is 4.88. The van der Waals surface area contributed by atoms with Crippen molar-refractivity contribution in [2.24, 2.45) is 5.73 Å². The van der Waals surface area contributed by atoms with Crippen molar-refractivity contribution in [3.63, 3.8) is 0 Å². The van der Waals surface area contributed by atoms with Crippen molar-refractivity contribution in [2.45, 2.75) is 0 Å². The van der Waals surface area contributed by atoms with Crippen LogP contribution >= 0.6 is 34.8 Å². The van der Waals surface area contributed by atoms with Crippen molar-refractivity contribution in [1.29, 1.82) is 0 Å². The standard InChI is InChI=1S/C8H8Cl3N3O/c1-14(3-6(12)15)8-5(10)2-4(9)7(11)13-8/h2H,3H2,1H3,(H2,12,15). The van der Waals surface area contributed by atoms with E-state index in [1.54, 1.807) is 7.05 Å². The summed E-state index contributed by atoms with van der Waals surface area (Å²) in [5.74, 6) is -0.119. The first-order chi connectivity index (χ1) is 6.91. The van der Waals surface area contributed by atoms with Crippen molar-refractivity contribution < 1.29 is 4.79 Å². The number of aromatic nitrogens is 1. The van der Waals surface area contributed by atoms with Gasteiger partial charge in [0.2, 0.25) is 5.91 Å². The van der Waals surface area contributed by atoms with E-state index >= 15 is 0 Å². The molecule has 2 N–H and O–H groups in total. The Labute approximate surface area is 102 Å². The zero-order valence-electron chi connectivity index (χ0n) is 7.80. The number of likely N-dealkylation sites (N-methyl/N-ethyl adjacent to an activating group) is 1. The summed E-state index contributed by atoms with van der Waals surface area (Å²) < 4.78 is 0. The molecular weight excluding hydrogens is 260 g/mol. The Morgan fingerprint density at radius 1 is 1.47 bits per heavy atom. The van der Waals surface area contributed by atoms with Crippen LogP contribution in [0, 0.1) is 0 Å². The number of pyridine rings is 1. The number of halogens is 3. The topological polar surface area (TPSA) is 59.2 Å². The predicted molar refractivity (Wildman–Crippen MR) is 61.7 cm³/mol. The van der Waals surface area contributed by atoms with Crippen LogP contribution in [0.2, 0.25) is 15.2 Å². The predicted octanol–water partition coefficient (Wildman–Crippen LogP) is 1.96. The fourth-order valence-corrected chi connectivity index (χ4v) is 1.65. The summed E-state index contributed by atoms with van der Waals surface area (Å²) in [6.45, 7) is 0.00464. The lowest BCUT2D eigenvalue weighted by Crippen LogP contribution is -2.31. The molecule has 1 amide bonds. The Morgan fingerprint density at radius 3 is 2.60 bits per heavy atom. The van der Waals surface area contributed by atoms with E-state index in [1.165, 1.54) is 11.0 Å². The number of carbonyl (C=O) groups is 1. The van der Waals surface area contributed by atoms with Crippen LogP contribution in [-0.2, 0) is 4.79 Å². The summed E-state index contributed by atoms with van der Waals surface area (Å²) in [4.78, 5) is 16.1. The van der Waals surface area contributed by atoms with Gasteiger partial charge in [0.05, 0.1) is 16.6 Å². The quantitative estimate of drug-likeness (QED) is 0.853. The third kappa shape index (κ3) is 3.12. The fraction of sp³-hybridized carbons (Fsp3) is 0.250. The van der Waals surface area contributed by atoms with Gasteiger partial charge < -0.3 is 10.6 Å². The molecule has 15 heavy (non-hydrogen) atoms. The zero-order chi connectivity index (χ0) is 11.6. The molecule has 0 aliphatic rings. The van der Waals surface area contributed by atoms with E-state index < -0.39 is 5.91 Å². The summed E-state index contributed by atoms with van der Waals surface area (Å²) in [6, 6.07) is 1.46. The monoisotopic (exact) mass is 267 g/mol. The van der Waals surface area contributed by atoms with Crippen LogP contribution in [0.4, 0.5) is 5.82 Å². The van der Waals surface area contributed by atoms with Crippen molar-refractivity contribution in [3.05, 3.63) is 21.3 Å². The van der Waals surface area contributed by atoms with Gasteiger partial charge in [0.25, 0.3) is 0 Å². The van der Waals surface area contributed by atoms with Crippen molar-refractivity contribution in [2.75, 3.05) is 18.5 Å². The molecule has 0 spiro atoms. The number of anilines is 1. The molecule has 0 atom stereocenters. The molecule has 4 nitrogen and oxygen atoms in total. The maximum Gasteiger partial charge on any atom is 0.236 e. The number of amides is 1. The lowest BCUT2D eigenvalue weighted by Gasteiger charge is -2.17. The maximum absolute atomic E-state index is 10.7. The molecule has 1 rings (SSSR count). The van der Waals surface area contributed by atoms with Crippen molar-refractivity contribution in [3.8, 4) is 0 Å². The first-order valence-electron chi connectivity index (χ1n) is 3.92. The number of hydrogen-bond donors (Lipinski definition) is 1. The van der Waals surface area contributed by atoms with Gasteiger partial charge in [-0.1, -0.05) is 34.8 Å². The van der Waals surface area contributed by atoms with Gasteiger partial charge in [-0.3, -0.25) is 4.79 Å². The van der Waals surface area contributed by atoms with Crippen molar-refractivity contribution in [1.82, 2.24) is 4.98 Å². The highest BCUT2D eigenvalue weighted by Crippen LogP contribution is 2.30. The Bertz CT molecular complexity index is 397. The molecule has 82 valence electrons. The normalized spacial score (nSPS) is 10.1. The number of nitrogens with two attached hydrogens (primary N) is 1. The Kier molecular flexibility index (Phi) is 4.02. The molecule has 0 aromatic carbocycles. The van der Waals surface area contributed by atoms with Crippen LogP contribution in [0.3, 0.4) is 0 Å². The Hall–Kier alpha value is -0.710. The van der Waals surface area contributed by atoms with Crippen LogP contribution < -0.4 is 10.6 Å². The highest BCUT2D eigenvalue weighted by Gasteiger charge is 2.13. The Morgan fingerprint density at radius 2 is 2.07 bits per heavy atom. The van der Waals surface area contributed by atoms with Gasteiger partial charge in [-0.15, -0.1) is 0 Å². The highest BCUT2D eigenvalue weighted by atomic mass is 35.5. The second-order valence-electron chi connectivity index (χ2n) is 2.89. The van der Waals surface area contributed by atoms with Crippen LogP contribution in [0.25, 0.3) is 0 Å². The molecule has 0 fully saturated rings. The highest BCUT2D eigenvalue weighted by molar-refractivity contribution is 6.42. The van der Waals surface area contributed by atoms with E-state index in [-0.39, 0.29) is 16.7 Å². The second-order valence-corrected chi connectivity index (χ2v) is 4.06. The molecule has 0 aliphatic carbocycles. The molecule has 1 aromatic heterocycles. The van der Waals surface area contributed by atoms with Crippen LogP contribution in [0.15, 0.2) is 6.07 Å². The van der Waals surface area contributed by atoms with Gasteiger partial charge >= 0.3 is 0 Å².